The van der Waals surface area contributed by atoms with Crippen molar-refractivity contribution in [3.8, 4) is 0 Å². The summed E-state index contributed by atoms with van der Waals surface area (Å²) in [4.78, 5) is 77.4. The number of rotatable bonds is 13. The third kappa shape index (κ3) is 9.01. The summed E-state index contributed by atoms with van der Waals surface area (Å²) in [6.45, 7) is 14.0. The van der Waals surface area contributed by atoms with Gasteiger partial charge in [-0.25, -0.2) is 9.59 Å². The summed E-state index contributed by atoms with van der Waals surface area (Å²) >= 11 is 0. The number of para-hydroxylation sites is 1. The maximum absolute atomic E-state index is 15.2. The fourth-order valence-corrected chi connectivity index (χ4v) is 10.6. The van der Waals surface area contributed by atoms with Gasteiger partial charge >= 0.3 is 19.7 Å². The molecule has 4 aromatic rings. The second kappa shape index (κ2) is 17.1. The van der Waals surface area contributed by atoms with Crippen molar-refractivity contribution in [3.63, 3.8) is 0 Å². The molecule has 0 aliphatic carbocycles. The molecule has 5 atom stereocenters. The van der Waals surface area contributed by atoms with Crippen LogP contribution in [0.25, 0.3) is 21.7 Å². The molecular weight excluding hydrogens is 787 g/mol. The lowest BCUT2D eigenvalue weighted by atomic mass is 9.81. The summed E-state index contributed by atoms with van der Waals surface area (Å²) in [7, 11) is -1.90. The Bertz CT molecular complexity index is 2280. The minimum Gasteiger partial charge on any atom is -0.458 e. The molecule has 2 aliphatic heterocycles. The fraction of sp³-hybridized carbons (Fsp3) is 0.489. The number of esters is 1. The summed E-state index contributed by atoms with van der Waals surface area (Å²) in [5.41, 5.74) is 0.402. The maximum Gasteiger partial charge on any atom is 0.411 e. The number of nitrogens with one attached hydrogen (secondary N) is 2. The minimum absolute atomic E-state index is 0.0162. The summed E-state index contributed by atoms with van der Waals surface area (Å²) in [5, 5.41) is 5.13. The van der Waals surface area contributed by atoms with Gasteiger partial charge in [0, 0.05) is 60.8 Å². The highest BCUT2D eigenvalue weighted by molar-refractivity contribution is 7.54. The first-order valence-corrected chi connectivity index (χ1v) is 22.0. The normalized spacial score (nSPS) is 20.2. The topological polar surface area (TPSA) is 174 Å². The van der Waals surface area contributed by atoms with Crippen molar-refractivity contribution in [2.24, 2.45) is 17.8 Å². The van der Waals surface area contributed by atoms with E-state index in [0.29, 0.717) is 22.9 Å². The lowest BCUT2D eigenvalue weighted by Gasteiger charge is -2.36. The Labute approximate surface area is 351 Å². The number of aromatic nitrogens is 1. The highest BCUT2D eigenvalue weighted by Gasteiger charge is 2.62. The van der Waals surface area contributed by atoms with Gasteiger partial charge in [0.15, 0.2) is 0 Å². The van der Waals surface area contributed by atoms with E-state index in [1.54, 1.807) is 72.0 Å². The van der Waals surface area contributed by atoms with Gasteiger partial charge in [0.25, 0.3) is 11.8 Å². The predicted molar refractivity (Wildman–Crippen MR) is 227 cm³/mol. The van der Waals surface area contributed by atoms with Gasteiger partial charge in [-0.1, -0.05) is 56.3 Å². The maximum atomic E-state index is 15.2. The molecule has 322 valence electrons. The lowest BCUT2D eigenvalue weighted by Crippen LogP contribution is -2.56. The predicted octanol–water partition coefficient (Wildman–Crippen LogP) is 8.09. The van der Waals surface area contributed by atoms with Crippen LogP contribution in [0.15, 0.2) is 66.9 Å². The van der Waals surface area contributed by atoms with Crippen LogP contribution in [0.4, 0.5) is 4.79 Å². The second-order valence-electron chi connectivity index (χ2n) is 18.0. The Kier molecular flexibility index (Phi) is 12.7. The molecule has 60 heavy (non-hydrogen) atoms. The molecule has 15 heteroatoms. The average molecular weight is 845 g/mol. The zero-order chi connectivity index (χ0) is 43.9. The number of aromatic amines is 1. The van der Waals surface area contributed by atoms with Crippen molar-refractivity contribution in [1.82, 2.24) is 20.1 Å². The van der Waals surface area contributed by atoms with Crippen LogP contribution in [0, 0.1) is 17.8 Å². The number of ether oxygens (including phenoxy) is 2. The third-order valence-corrected chi connectivity index (χ3v) is 13.3. The molecule has 3 heterocycles. The Morgan fingerprint density at radius 1 is 0.833 bits per heavy atom. The zero-order valence-electron chi connectivity index (χ0n) is 36.1. The lowest BCUT2D eigenvalue weighted by molar-refractivity contribution is -0.159. The van der Waals surface area contributed by atoms with Crippen molar-refractivity contribution in [2.45, 2.75) is 104 Å². The first-order chi connectivity index (χ1) is 28.2. The molecule has 0 spiro atoms. The number of hydrogen-bond acceptors (Lipinski definition) is 10. The Morgan fingerprint density at radius 3 is 2.00 bits per heavy atom. The van der Waals surface area contributed by atoms with E-state index >= 15 is 4.79 Å². The Morgan fingerprint density at radius 2 is 1.43 bits per heavy atom. The van der Waals surface area contributed by atoms with Gasteiger partial charge in [0.05, 0.1) is 0 Å². The van der Waals surface area contributed by atoms with E-state index in [0.717, 1.165) is 31.7 Å². The minimum atomic E-state index is -4.30. The third-order valence-electron chi connectivity index (χ3n) is 11.0. The molecule has 0 bridgehead atoms. The molecule has 0 unspecified atom stereocenters. The molecule has 0 saturated carbocycles. The van der Waals surface area contributed by atoms with E-state index in [1.807, 2.05) is 50.2 Å². The van der Waals surface area contributed by atoms with Gasteiger partial charge in [0.1, 0.15) is 29.1 Å². The molecule has 6 rings (SSSR count). The van der Waals surface area contributed by atoms with Crippen LogP contribution in [0.3, 0.4) is 0 Å². The second-order valence-corrected chi connectivity index (χ2v) is 20.4. The molecule has 3 aromatic carbocycles. The van der Waals surface area contributed by atoms with Gasteiger partial charge in [-0.2, -0.15) is 0 Å². The van der Waals surface area contributed by atoms with Crippen LogP contribution in [0.2, 0.25) is 0 Å². The molecule has 14 nitrogen and oxygen atoms in total. The number of benzene rings is 3. The van der Waals surface area contributed by atoms with Crippen LogP contribution in [0.1, 0.15) is 94.5 Å². The number of fused-ring (bicyclic) bond motifs is 1. The highest BCUT2D eigenvalue weighted by atomic mass is 31.2. The number of imide groups is 1. The largest absolute Gasteiger partial charge is 0.458 e. The number of likely N-dealkylation sites (tertiary alicyclic amines) is 1. The van der Waals surface area contributed by atoms with E-state index in [2.05, 4.69) is 10.3 Å². The molecule has 1 saturated heterocycles. The summed E-state index contributed by atoms with van der Waals surface area (Å²) in [6, 6.07) is 15.6. The number of H-pyrrole nitrogens is 1. The van der Waals surface area contributed by atoms with Gasteiger partial charge in [-0.15, -0.1) is 0 Å². The number of carbonyl (C=O) groups excluding carboxylic acids is 5. The molecule has 1 fully saturated rings. The van der Waals surface area contributed by atoms with E-state index in [-0.39, 0.29) is 25.3 Å². The molecule has 2 N–H and O–H groups in total. The van der Waals surface area contributed by atoms with Gasteiger partial charge in [0.2, 0.25) is 5.91 Å². The van der Waals surface area contributed by atoms with Crippen molar-refractivity contribution in [1.29, 1.82) is 0 Å². The van der Waals surface area contributed by atoms with Crippen LogP contribution >= 0.6 is 7.60 Å². The van der Waals surface area contributed by atoms with Crippen LogP contribution in [-0.2, 0) is 39.1 Å². The van der Waals surface area contributed by atoms with E-state index in [9.17, 15) is 23.7 Å². The molecule has 1 aromatic heterocycles. The number of amides is 4. The van der Waals surface area contributed by atoms with E-state index in [1.165, 1.54) is 14.2 Å². The van der Waals surface area contributed by atoms with E-state index < -0.39 is 78.3 Å². The molecular formula is C45H57N4O10P. The SMILES string of the molecule is COP(=O)(OC)[C@@H]1[C@H](CCN2C(=O)c3cccc4cccc(c34)C2=O)[C@@H](CC(C)C)[C@H](C(=O)N[C@@H](Cc2c[nH]c3ccccc23)C(=O)OC(C)(C)C)N1C(=O)OC(C)(C)C. The average Bonchev–Trinajstić information content (AvgIpc) is 3.73. The molecule has 4 amide bonds. The van der Waals surface area contributed by atoms with Gasteiger partial charge in [-0.3, -0.25) is 28.7 Å². The Balaban J connectivity index is 1.44. The summed E-state index contributed by atoms with van der Waals surface area (Å²) < 4.78 is 37.9. The van der Waals surface area contributed by atoms with E-state index in [4.69, 9.17) is 18.5 Å². The van der Waals surface area contributed by atoms with Crippen molar-refractivity contribution < 1.29 is 47.1 Å². The van der Waals surface area contributed by atoms with Crippen molar-refractivity contribution in [2.75, 3.05) is 20.8 Å². The number of hydrogen-bond donors (Lipinski definition) is 2. The quantitative estimate of drug-likeness (QED) is 0.0761. The van der Waals surface area contributed by atoms with Crippen LogP contribution in [0.5, 0.6) is 0 Å². The van der Waals surface area contributed by atoms with Crippen molar-refractivity contribution in [3.05, 3.63) is 83.6 Å². The fourth-order valence-electron chi connectivity index (χ4n) is 8.68. The monoisotopic (exact) mass is 844 g/mol. The molecule has 2 aliphatic rings. The van der Waals surface area contributed by atoms with Gasteiger partial charge < -0.3 is 28.8 Å². The summed E-state index contributed by atoms with van der Waals surface area (Å²) in [6.07, 6.45) is 1.22. The zero-order valence-corrected chi connectivity index (χ0v) is 37.0. The number of carbonyl (C=O) groups is 5. The highest BCUT2D eigenvalue weighted by Crippen LogP contribution is 2.62. The standard InChI is InChI=1S/C45H57N4O10P/c1-26(2)23-33-30(21-22-48-39(51)31-18-13-15-27-16-14-19-32(36(27)31)40(48)52)41(60(55,56-9)57-10)49(43(54)59-45(6,7)8)37(33)38(50)47-35(42(53)58-44(3,4)5)24-28-25-46-34-20-12-11-17-29(28)34/h11-20,25-26,30,33,35,37,41,46H,21-24H2,1-10H3,(H,47,50)/t30-,33-,35+,37-,41-/m1/s1. The Hall–Kier alpha value is -5.04. The smallest absolute Gasteiger partial charge is 0.411 e. The van der Waals surface area contributed by atoms with Gasteiger partial charge in [-0.05, 0) is 101 Å². The van der Waals surface area contributed by atoms with Crippen LogP contribution < -0.4 is 5.32 Å². The molecule has 0 radical (unpaired) electrons. The van der Waals surface area contributed by atoms with Crippen molar-refractivity contribution >= 4 is 59.1 Å². The summed E-state index contributed by atoms with van der Waals surface area (Å²) in [5.74, 6) is -5.43. The first-order valence-electron chi connectivity index (χ1n) is 20.4. The number of nitrogens with zero attached hydrogens (tertiary/aromatic N) is 2. The first kappa shape index (κ1) is 44.5. The van der Waals surface area contributed by atoms with Crippen LogP contribution in [-0.4, -0.2) is 94.4 Å².